The molecule has 1 aromatic carbocycles. The monoisotopic (exact) mass is 270 g/mol. The Morgan fingerprint density at radius 1 is 1.35 bits per heavy atom. The lowest BCUT2D eigenvalue weighted by atomic mass is 10.1. The summed E-state index contributed by atoms with van der Waals surface area (Å²) in [6, 6.07) is 5.96. The molecule has 20 heavy (non-hydrogen) atoms. The Balaban J connectivity index is 1.71. The van der Waals surface area contributed by atoms with Gasteiger partial charge in [0.25, 0.3) is 5.89 Å². The summed E-state index contributed by atoms with van der Waals surface area (Å²) < 4.78 is 12.7. The average molecular weight is 270 g/mol. The quantitative estimate of drug-likeness (QED) is 0.713. The van der Waals surface area contributed by atoms with E-state index in [-0.39, 0.29) is 5.92 Å². The van der Waals surface area contributed by atoms with Gasteiger partial charge >= 0.3 is 0 Å². The van der Waals surface area contributed by atoms with Gasteiger partial charge in [0.05, 0.1) is 24.0 Å². The fourth-order valence-electron chi connectivity index (χ4n) is 2.53. The van der Waals surface area contributed by atoms with Gasteiger partial charge in [-0.15, -0.1) is 0 Å². The molecule has 3 aromatic rings. The van der Waals surface area contributed by atoms with Gasteiger partial charge in [-0.2, -0.15) is 4.98 Å². The second-order valence-corrected chi connectivity index (χ2v) is 5.08. The lowest BCUT2D eigenvalue weighted by molar-refractivity contribution is 0.192. The zero-order valence-electron chi connectivity index (χ0n) is 11.1. The van der Waals surface area contributed by atoms with Crippen LogP contribution in [0.5, 0.6) is 0 Å². The van der Waals surface area contributed by atoms with Crippen molar-refractivity contribution in [3.8, 4) is 11.5 Å². The van der Waals surface area contributed by atoms with Crippen molar-refractivity contribution < 1.29 is 9.26 Å². The minimum atomic E-state index is 0.256. The van der Waals surface area contributed by atoms with Crippen molar-refractivity contribution in [1.82, 2.24) is 19.7 Å². The van der Waals surface area contributed by atoms with Crippen LogP contribution in [-0.2, 0) is 11.8 Å². The third-order valence-corrected chi connectivity index (χ3v) is 3.71. The van der Waals surface area contributed by atoms with Gasteiger partial charge in [-0.05, 0) is 24.6 Å². The molecule has 1 aliphatic heterocycles. The molecule has 6 heteroatoms. The Bertz CT molecular complexity index is 755. The summed E-state index contributed by atoms with van der Waals surface area (Å²) in [7, 11) is 1.97. The molecule has 0 amide bonds. The van der Waals surface area contributed by atoms with Crippen LogP contribution in [0, 0.1) is 0 Å². The van der Waals surface area contributed by atoms with Gasteiger partial charge in [-0.25, -0.2) is 4.98 Å². The fourth-order valence-corrected chi connectivity index (χ4v) is 2.53. The first-order chi connectivity index (χ1) is 9.81. The van der Waals surface area contributed by atoms with Crippen molar-refractivity contribution >= 4 is 11.0 Å². The number of ether oxygens (including phenoxy) is 1. The number of hydrogen-bond acceptors (Lipinski definition) is 5. The van der Waals surface area contributed by atoms with Crippen molar-refractivity contribution in [1.29, 1.82) is 0 Å². The maximum absolute atomic E-state index is 5.37. The highest BCUT2D eigenvalue weighted by Crippen LogP contribution is 2.27. The third-order valence-electron chi connectivity index (χ3n) is 3.71. The minimum Gasteiger partial charge on any atom is -0.381 e. The van der Waals surface area contributed by atoms with Crippen molar-refractivity contribution in [2.75, 3.05) is 13.2 Å². The number of aryl methyl sites for hydroxylation is 1. The summed E-state index contributed by atoms with van der Waals surface area (Å²) in [5.41, 5.74) is 2.90. The minimum absolute atomic E-state index is 0.256. The van der Waals surface area contributed by atoms with Gasteiger partial charge in [0, 0.05) is 25.1 Å². The molecule has 0 bridgehead atoms. The molecule has 1 saturated heterocycles. The molecule has 1 atom stereocenters. The molecule has 102 valence electrons. The van der Waals surface area contributed by atoms with Crippen molar-refractivity contribution in [2.24, 2.45) is 7.05 Å². The van der Waals surface area contributed by atoms with E-state index in [9.17, 15) is 0 Å². The predicted octanol–water partition coefficient (Wildman–Crippen LogP) is 2.13. The maximum Gasteiger partial charge on any atom is 0.258 e. The molecule has 0 spiro atoms. The molecule has 1 aliphatic rings. The molecule has 4 rings (SSSR count). The fraction of sp³-hybridized carbons (Fsp3) is 0.357. The maximum atomic E-state index is 5.37. The number of rotatable bonds is 2. The summed E-state index contributed by atoms with van der Waals surface area (Å²) in [5, 5.41) is 4.07. The van der Waals surface area contributed by atoms with E-state index >= 15 is 0 Å². The molecule has 6 nitrogen and oxygen atoms in total. The second kappa shape index (κ2) is 4.42. The number of nitrogens with zero attached hydrogens (tertiary/aromatic N) is 4. The molecule has 2 aromatic heterocycles. The van der Waals surface area contributed by atoms with E-state index in [1.807, 2.05) is 29.8 Å². The van der Waals surface area contributed by atoms with Crippen LogP contribution in [0.4, 0.5) is 0 Å². The number of imidazole rings is 1. The Kier molecular flexibility index (Phi) is 2.56. The highest BCUT2D eigenvalue weighted by molar-refractivity contribution is 5.80. The topological polar surface area (TPSA) is 66.0 Å². The summed E-state index contributed by atoms with van der Waals surface area (Å²) in [6.45, 7) is 1.45. The van der Waals surface area contributed by atoms with Gasteiger partial charge in [0.15, 0.2) is 5.82 Å². The van der Waals surface area contributed by atoms with E-state index in [0.29, 0.717) is 12.5 Å². The molecule has 3 heterocycles. The summed E-state index contributed by atoms with van der Waals surface area (Å²) in [5.74, 6) is 1.53. The van der Waals surface area contributed by atoms with Crippen LogP contribution >= 0.6 is 0 Å². The Morgan fingerprint density at radius 2 is 2.30 bits per heavy atom. The van der Waals surface area contributed by atoms with Crippen LogP contribution in [0.15, 0.2) is 29.0 Å². The molecule has 0 radical (unpaired) electrons. The van der Waals surface area contributed by atoms with E-state index in [0.717, 1.165) is 35.4 Å². The third kappa shape index (κ3) is 1.80. The van der Waals surface area contributed by atoms with Crippen LogP contribution in [0.2, 0.25) is 0 Å². The Labute approximate surface area is 115 Å². The van der Waals surface area contributed by atoms with E-state index in [2.05, 4.69) is 15.1 Å². The number of aromatic nitrogens is 4. The van der Waals surface area contributed by atoms with Crippen LogP contribution in [0.1, 0.15) is 18.2 Å². The molecule has 0 aliphatic carbocycles. The zero-order valence-corrected chi connectivity index (χ0v) is 11.1. The lowest BCUT2D eigenvalue weighted by Gasteiger charge is -1.98. The lowest BCUT2D eigenvalue weighted by Crippen LogP contribution is -1.99. The smallest absolute Gasteiger partial charge is 0.258 e. The predicted molar refractivity (Wildman–Crippen MR) is 72.2 cm³/mol. The summed E-state index contributed by atoms with van der Waals surface area (Å²) in [6.07, 6.45) is 2.75. The first-order valence-corrected chi connectivity index (χ1v) is 6.64. The van der Waals surface area contributed by atoms with Crippen molar-refractivity contribution in [3.05, 3.63) is 30.4 Å². The molecule has 0 unspecified atom stereocenters. The van der Waals surface area contributed by atoms with E-state index in [1.54, 1.807) is 6.33 Å². The van der Waals surface area contributed by atoms with Crippen LogP contribution in [0.25, 0.3) is 22.5 Å². The van der Waals surface area contributed by atoms with Crippen molar-refractivity contribution in [2.45, 2.75) is 12.3 Å². The molecule has 0 saturated carbocycles. The van der Waals surface area contributed by atoms with Gasteiger partial charge < -0.3 is 13.8 Å². The van der Waals surface area contributed by atoms with Crippen molar-refractivity contribution in [3.63, 3.8) is 0 Å². The Morgan fingerprint density at radius 3 is 3.15 bits per heavy atom. The molecule has 1 fully saturated rings. The van der Waals surface area contributed by atoms with Gasteiger partial charge in [-0.3, -0.25) is 0 Å². The van der Waals surface area contributed by atoms with E-state index < -0.39 is 0 Å². The van der Waals surface area contributed by atoms with Crippen LogP contribution in [0.3, 0.4) is 0 Å². The van der Waals surface area contributed by atoms with Crippen LogP contribution < -0.4 is 0 Å². The first kappa shape index (κ1) is 11.6. The second-order valence-electron chi connectivity index (χ2n) is 5.08. The molecular formula is C14H14N4O2. The zero-order chi connectivity index (χ0) is 13.5. The first-order valence-electron chi connectivity index (χ1n) is 6.64. The SMILES string of the molecule is Cn1cnc2cc(-c3nc([C@@H]4CCOC4)no3)ccc21. The van der Waals surface area contributed by atoms with Gasteiger partial charge in [0.2, 0.25) is 0 Å². The number of benzene rings is 1. The highest BCUT2D eigenvalue weighted by atomic mass is 16.5. The van der Waals surface area contributed by atoms with Crippen LogP contribution in [-0.4, -0.2) is 32.9 Å². The van der Waals surface area contributed by atoms with E-state index in [1.165, 1.54) is 0 Å². The van der Waals surface area contributed by atoms with Gasteiger partial charge in [0.1, 0.15) is 0 Å². The average Bonchev–Trinajstić information content (AvgIpc) is 3.18. The van der Waals surface area contributed by atoms with Gasteiger partial charge in [-0.1, -0.05) is 5.16 Å². The standard InChI is InChI=1S/C14H14N4O2/c1-18-8-15-11-6-9(2-3-12(11)18)14-16-13(17-20-14)10-4-5-19-7-10/h2-3,6,8,10H,4-5,7H2,1H3/t10-/m1/s1. The summed E-state index contributed by atoms with van der Waals surface area (Å²) >= 11 is 0. The Hall–Kier alpha value is -2.21. The summed E-state index contributed by atoms with van der Waals surface area (Å²) in [4.78, 5) is 8.83. The molecular weight excluding hydrogens is 256 g/mol. The largest absolute Gasteiger partial charge is 0.381 e. The normalized spacial score (nSPS) is 18.9. The van der Waals surface area contributed by atoms with E-state index in [4.69, 9.17) is 9.26 Å². The number of fused-ring (bicyclic) bond motifs is 1. The number of hydrogen-bond donors (Lipinski definition) is 0. The molecule has 0 N–H and O–H groups in total. The highest BCUT2D eigenvalue weighted by Gasteiger charge is 2.23.